The van der Waals surface area contributed by atoms with Crippen LogP contribution in [0.3, 0.4) is 0 Å². The van der Waals surface area contributed by atoms with Crippen LogP contribution in [0.2, 0.25) is 0 Å². The number of likely N-dealkylation sites (N-methyl/N-ethyl adjacent to an activating group) is 1. The van der Waals surface area contributed by atoms with E-state index in [0.717, 1.165) is 25.8 Å². The molecular formula is C20H27FN2O2. The molecular weight excluding hydrogens is 319 g/mol. The lowest BCUT2D eigenvalue weighted by atomic mass is 9.98. The Labute approximate surface area is 148 Å². The lowest BCUT2D eigenvalue weighted by molar-refractivity contribution is -0.122. The van der Waals surface area contributed by atoms with Gasteiger partial charge in [-0.25, -0.2) is 4.39 Å². The summed E-state index contributed by atoms with van der Waals surface area (Å²) in [5.41, 5.74) is 0.523. The van der Waals surface area contributed by atoms with Crippen molar-refractivity contribution in [2.24, 2.45) is 0 Å². The van der Waals surface area contributed by atoms with Crippen molar-refractivity contribution in [3.8, 4) is 0 Å². The first-order chi connectivity index (χ1) is 12.1. The molecule has 3 fully saturated rings. The predicted octanol–water partition coefficient (Wildman–Crippen LogP) is 3.35. The van der Waals surface area contributed by atoms with Gasteiger partial charge in [0.1, 0.15) is 5.82 Å². The smallest absolute Gasteiger partial charge is 0.244 e. The highest BCUT2D eigenvalue weighted by atomic mass is 19.1. The summed E-state index contributed by atoms with van der Waals surface area (Å²) in [4.78, 5) is 16.5. The van der Waals surface area contributed by atoms with Gasteiger partial charge in [0.05, 0.1) is 23.4 Å². The molecule has 1 aromatic rings. The van der Waals surface area contributed by atoms with E-state index < -0.39 is 0 Å². The van der Waals surface area contributed by atoms with Gasteiger partial charge in [-0.1, -0.05) is 25.0 Å². The van der Waals surface area contributed by atoms with E-state index in [-0.39, 0.29) is 29.5 Å². The third-order valence-corrected chi connectivity index (χ3v) is 6.20. The van der Waals surface area contributed by atoms with Gasteiger partial charge in [-0.15, -0.1) is 0 Å². The van der Waals surface area contributed by atoms with E-state index in [4.69, 9.17) is 4.74 Å². The van der Waals surface area contributed by atoms with Gasteiger partial charge < -0.3 is 9.64 Å². The van der Waals surface area contributed by atoms with Gasteiger partial charge in [-0.05, 0) is 51.3 Å². The Morgan fingerprint density at radius 1 is 1.24 bits per heavy atom. The maximum absolute atomic E-state index is 14.0. The summed E-state index contributed by atoms with van der Waals surface area (Å²) >= 11 is 0. The Morgan fingerprint density at radius 2 is 2.00 bits per heavy atom. The number of hydrogen-bond donors (Lipinski definition) is 0. The van der Waals surface area contributed by atoms with E-state index in [1.807, 2.05) is 7.05 Å². The van der Waals surface area contributed by atoms with Crippen molar-refractivity contribution >= 4 is 11.6 Å². The van der Waals surface area contributed by atoms with E-state index >= 15 is 0 Å². The van der Waals surface area contributed by atoms with Crippen LogP contribution >= 0.6 is 0 Å². The number of hydrogen-bond acceptors (Lipinski definition) is 3. The molecule has 1 aromatic carbocycles. The van der Waals surface area contributed by atoms with E-state index in [1.165, 1.54) is 31.7 Å². The zero-order valence-electron chi connectivity index (χ0n) is 14.9. The summed E-state index contributed by atoms with van der Waals surface area (Å²) in [6.07, 6.45) is 8.14. The minimum Gasteiger partial charge on any atom is -0.370 e. The molecule has 0 radical (unpaired) electrons. The van der Waals surface area contributed by atoms with Gasteiger partial charge in [0, 0.05) is 13.1 Å². The molecule has 3 aliphatic rings. The standard InChI is InChI=1S/C20H27FN2O2/c1-22(14-15-8-12-20(25-15)10-4-5-11-20)18-9-13-23(19(18)24)17-7-3-2-6-16(17)21/h2-3,6-7,15,18H,4-5,8-14H2,1H3. The Balaban J connectivity index is 1.38. The van der Waals surface area contributed by atoms with Crippen LogP contribution < -0.4 is 4.90 Å². The van der Waals surface area contributed by atoms with Gasteiger partial charge in [0.15, 0.2) is 0 Å². The fourth-order valence-corrected chi connectivity index (χ4v) is 4.84. The lowest BCUT2D eigenvalue weighted by Gasteiger charge is -2.28. The Morgan fingerprint density at radius 3 is 2.76 bits per heavy atom. The van der Waals surface area contributed by atoms with Gasteiger partial charge in [-0.3, -0.25) is 9.69 Å². The zero-order valence-corrected chi connectivity index (χ0v) is 14.9. The second-order valence-electron chi connectivity index (χ2n) is 7.85. The minimum atomic E-state index is -0.332. The highest BCUT2D eigenvalue weighted by Crippen LogP contribution is 2.43. The molecule has 136 valence electrons. The number of amides is 1. The molecule has 0 N–H and O–H groups in total. The summed E-state index contributed by atoms with van der Waals surface area (Å²) in [6, 6.07) is 6.34. The summed E-state index contributed by atoms with van der Waals surface area (Å²) in [5.74, 6) is -0.331. The quantitative estimate of drug-likeness (QED) is 0.838. The van der Waals surface area contributed by atoms with Gasteiger partial charge >= 0.3 is 0 Å². The molecule has 4 rings (SSSR count). The molecule has 1 aliphatic carbocycles. The number of anilines is 1. The van der Waals surface area contributed by atoms with Crippen LogP contribution in [0.4, 0.5) is 10.1 Å². The topological polar surface area (TPSA) is 32.8 Å². The molecule has 2 atom stereocenters. The Bertz CT molecular complexity index is 644. The first-order valence-electron chi connectivity index (χ1n) is 9.52. The second-order valence-corrected chi connectivity index (χ2v) is 7.85. The molecule has 2 aliphatic heterocycles. The van der Waals surface area contributed by atoms with E-state index in [2.05, 4.69) is 4.90 Å². The number of carbonyl (C=O) groups excluding carboxylic acids is 1. The second kappa shape index (κ2) is 6.69. The lowest BCUT2D eigenvalue weighted by Crippen LogP contribution is -2.43. The molecule has 1 spiro atoms. The average Bonchev–Trinajstić information content (AvgIpc) is 3.31. The van der Waals surface area contributed by atoms with Crippen LogP contribution in [0.5, 0.6) is 0 Å². The van der Waals surface area contributed by atoms with Gasteiger partial charge in [0.25, 0.3) is 0 Å². The van der Waals surface area contributed by atoms with Crippen molar-refractivity contribution in [1.29, 1.82) is 0 Å². The number of rotatable bonds is 4. The number of carbonyl (C=O) groups is 1. The zero-order chi connectivity index (χ0) is 17.4. The number of benzene rings is 1. The number of para-hydroxylation sites is 1. The molecule has 25 heavy (non-hydrogen) atoms. The van der Waals surface area contributed by atoms with Crippen molar-refractivity contribution < 1.29 is 13.9 Å². The van der Waals surface area contributed by atoms with E-state index in [1.54, 1.807) is 23.1 Å². The maximum Gasteiger partial charge on any atom is 0.244 e. The van der Waals surface area contributed by atoms with Crippen LogP contribution in [0, 0.1) is 5.82 Å². The number of nitrogens with zero attached hydrogens (tertiary/aromatic N) is 2. The van der Waals surface area contributed by atoms with Crippen LogP contribution in [0.25, 0.3) is 0 Å². The fraction of sp³-hybridized carbons (Fsp3) is 0.650. The van der Waals surface area contributed by atoms with Crippen molar-refractivity contribution in [1.82, 2.24) is 4.90 Å². The molecule has 1 saturated carbocycles. The average molecular weight is 346 g/mol. The number of ether oxygens (including phenoxy) is 1. The predicted molar refractivity (Wildman–Crippen MR) is 95.1 cm³/mol. The van der Waals surface area contributed by atoms with Crippen LogP contribution in [0.15, 0.2) is 24.3 Å². The van der Waals surface area contributed by atoms with Crippen molar-refractivity contribution in [3.05, 3.63) is 30.1 Å². The Kier molecular flexibility index (Phi) is 4.54. The van der Waals surface area contributed by atoms with Crippen LogP contribution in [-0.2, 0) is 9.53 Å². The summed E-state index contributed by atoms with van der Waals surface area (Å²) in [6.45, 7) is 1.35. The van der Waals surface area contributed by atoms with Gasteiger partial charge in [0.2, 0.25) is 5.91 Å². The summed E-state index contributed by atoms with van der Waals surface area (Å²) in [5, 5.41) is 0. The van der Waals surface area contributed by atoms with Crippen molar-refractivity contribution in [3.63, 3.8) is 0 Å². The minimum absolute atomic E-state index is 0.00109. The fourth-order valence-electron chi connectivity index (χ4n) is 4.84. The maximum atomic E-state index is 14.0. The van der Waals surface area contributed by atoms with Crippen LogP contribution in [-0.4, -0.2) is 48.7 Å². The molecule has 4 nitrogen and oxygen atoms in total. The highest BCUT2D eigenvalue weighted by Gasteiger charge is 2.43. The first kappa shape index (κ1) is 17.0. The molecule has 0 aromatic heterocycles. The summed E-state index contributed by atoms with van der Waals surface area (Å²) < 4.78 is 20.4. The molecule has 5 heteroatoms. The van der Waals surface area contributed by atoms with Crippen molar-refractivity contribution in [2.75, 3.05) is 25.0 Å². The van der Waals surface area contributed by atoms with Crippen LogP contribution in [0.1, 0.15) is 44.9 Å². The molecule has 2 heterocycles. The SMILES string of the molecule is CN(CC1CCC2(CCCC2)O1)C1CCN(c2ccccc2F)C1=O. The molecule has 2 unspecified atom stereocenters. The molecule has 0 bridgehead atoms. The third kappa shape index (κ3) is 3.20. The largest absolute Gasteiger partial charge is 0.370 e. The normalized spacial score (nSPS) is 28.6. The Hall–Kier alpha value is -1.46. The van der Waals surface area contributed by atoms with E-state index in [9.17, 15) is 9.18 Å². The highest BCUT2D eigenvalue weighted by molar-refractivity contribution is 5.99. The number of halogens is 1. The molecule has 1 amide bonds. The third-order valence-electron chi connectivity index (χ3n) is 6.20. The van der Waals surface area contributed by atoms with Crippen molar-refractivity contribution in [2.45, 2.75) is 62.7 Å². The monoisotopic (exact) mass is 346 g/mol. The first-order valence-corrected chi connectivity index (χ1v) is 9.52. The van der Waals surface area contributed by atoms with Gasteiger partial charge in [-0.2, -0.15) is 0 Å². The molecule has 2 saturated heterocycles. The van der Waals surface area contributed by atoms with E-state index in [0.29, 0.717) is 12.2 Å². The summed E-state index contributed by atoms with van der Waals surface area (Å²) in [7, 11) is 2.00.